The molecule has 0 saturated heterocycles. The van der Waals surface area contributed by atoms with E-state index in [1.54, 1.807) is 6.07 Å². The molecule has 1 aromatic carbocycles. The van der Waals surface area contributed by atoms with E-state index >= 15 is 0 Å². The van der Waals surface area contributed by atoms with Crippen LogP contribution in [0, 0.1) is 13.8 Å². The molecule has 0 radical (unpaired) electrons. The zero-order valence-electron chi connectivity index (χ0n) is 14.6. The van der Waals surface area contributed by atoms with Crippen LogP contribution >= 0.6 is 23.2 Å². The summed E-state index contributed by atoms with van der Waals surface area (Å²) in [6, 6.07) is 1.79. The van der Waals surface area contributed by atoms with Gasteiger partial charge in [-0.3, -0.25) is 0 Å². The first-order valence-corrected chi connectivity index (χ1v) is 9.19. The van der Waals surface area contributed by atoms with E-state index in [1.807, 2.05) is 62.3 Å². The van der Waals surface area contributed by atoms with Crippen molar-refractivity contribution in [3.63, 3.8) is 0 Å². The summed E-state index contributed by atoms with van der Waals surface area (Å²) in [7, 11) is -1.41. The van der Waals surface area contributed by atoms with Gasteiger partial charge in [-0.05, 0) is 51.8 Å². The van der Waals surface area contributed by atoms with Crippen LogP contribution in [0.4, 0.5) is 0 Å². The van der Waals surface area contributed by atoms with Gasteiger partial charge in [0.15, 0.2) is 0 Å². The van der Waals surface area contributed by atoms with Gasteiger partial charge >= 0.3 is 0 Å². The van der Waals surface area contributed by atoms with Gasteiger partial charge in [0.05, 0.1) is 14.9 Å². The second-order valence-corrected chi connectivity index (χ2v) is 7.00. The Morgan fingerprint density at radius 1 is 1.05 bits per heavy atom. The first kappa shape index (κ1) is 23.2. The summed E-state index contributed by atoms with van der Waals surface area (Å²) in [6.07, 6.45) is 0. The lowest BCUT2D eigenvalue weighted by atomic mass is 10.1. The van der Waals surface area contributed by atoms with Crippen LogP contribution in [0.2, 0.25) is 10.0 Å². The Kier molecular flexibility index (Phi) is 11.7. The normalized spacial score (nSPS) is 11.8. The molecule has 0 fully saturated rings. The lowest BCUT2D eigenvalue weighted by Crippen LogP contribution is -2.37. The highest BCUT2D eigenvalue weighted by Gasteiger charge is 2.21. The molecule has 0 aromatic heterocycles. The summed E-state index contributed by atoms with van der Waals surface area (Å²) in [4.78, 5) is 0.464. The largest absolute Gasteiger partial charge is 0.237 e. The van der Waals surface area contributed by atoms with Gasteiger partial charge < -0.3 is 0 Å². The second kappa shape index (κ2) is 10.6. The van der Waals surface area contributed by atoms with E-state index in [9.17, 15) is 4.21 Å². The van der Waals surface area contributed by atoms with Crippen molar-refractivity contribution in [3.05, 3.63) is 27.2 Å². The number of rotatable bonds is 2. The zero-order valence-corrected chi connectivity index (χ0v) is 17.0. The Morgan fingerprint density at radius 3 is 1.86 bits per heavy atom. The van der Waals surface area contributed by atoms with Crippen LogP contribution in [-0.4, -0.2) is 9.75 Å². The molecule has 0 aliphatic carbocycles. The Labute approximate surface area is 143 Å². The fourth-order valence-electron chi connectivity index (χ4n) is 1.31. The van der Waals surface area contributed by atoms with E-state index in [1.165, 1.54) is 0 Å². The Bertz CT molecular complexity index is 468. The fourth-order valence-corrected chi connectivity index (χ4v) is 3.50. The molecule has 0 aliphatic rings. The van der Waals surface area contributed by atoms with Gasteiger partial charge in [-0.15, -0.1) is 0 Å². The third-order valence-corrected chi connectivity index (χ3v) is 4.85. The maximum atomic E-state index is 12.2. The van der Waals surface area contributed by atoms with Gasteiger partial charge in [0.25, 0.3) is 0 Å². The number of aryl methyl sites for hydroxylation is 1. The molecule has 5 heteroatoms. The van der Waals surface area contributed by atoms with Gasteiger partial charge in [-0.25, -0.2) is 8.93 Å². The molecule has 0 bridgehead atoms. The van der Waals surface area contributed by atoms with Gasteiger partial charge in [0.2, 0.25) is 0 Å². The molecular weight excluding hydrogens is 325 g/mol. The number of hydrogen-bond acceptors (Lipinski definition) is 1. The highest BCUT2D eigenvalue weighted by atomic mass is 35.5. The van der Waals surface area contributed by atoms with Crippen molar-refractivity contribution in [2.75, 3.05) is 0 Å². The molecule has 1 N–H and O–H groups in total. The molecule has 0 saturated carbocycles. The van der Waals surface area contributed by atoms with E-state index in [0.29, 0.717) is 14.9 Å². The molecule has 1 unspecified atom stereocenters. The lowest BCUT2D eigenvalue weighted by molar-refractivity contribution is 0.519. The van der Waals surface area contributed by atoms with Crippen LogP contribution in [0.25, 0.3) is 0 Å². The predicted molar refractivity (Wildman–Crippen MR) is 97.9 cm³/mol. The monoisotopic (exact) mass is 353 g/mol. The summed E-state index contributed by atoms with van der Waals surface area (Å²) in [5, 5.41) is 0.915. The molecule has 0 spiro atoms. The Balaban J connectivity index is 0. The Hall–Kier alpha value is -0.0900. The van der Waals surface area contributed by atoms with E-state index < -0.39 is 11.0 Å². The van der Waals surface area contributed by atoms with Gasteiger partial charge in [0.1, 0.15) is 11.0 Å². The predicted octanol–water partition coefficient (Wildman–Crippen LogP) is 6.07. The minimum Gasteiger partial charge on any atom is -0.237 e. The maximum Gasteiger partial charge on any atom is 0.128 e. The average molecular weight is 354 g/mol. The molecule has 124 valence electrons. The number of halogens is 2. The average Bonchev–Trinajstić information content (AvgIpc) is 2.39. The van der Waals surface area contributed by atoms with E-state index in [2.05, 4.69) is 4.72 Å². The van der Waals surface area contributed by atoms with Crippen molar-refractivity contribution < 1.29 is 4.21 Å². The number of nitrogens with one attached hydrogen (secondary N) is 1. The molecular formula is C16H29Cl2NOS. The fraction of sp³-hybridized carbons (Fsp3) is 0.625. The SMILES string of the molecule is CC.CC.Cc1cc(Cl)c(S(=O)NC(C)(C)C)c(Cl)c1C. The van der Waals surface area contributed by atoms with Gasteiger partial charge in [0, 0.05) is 5.54 Å². The third kappa shape index (κ3) is 7.64. The summed E-state index contributed by atoms with van der Waals surface area (Å²) < 4.78 is 15.2. The molecule has 0 aliphatic heterocycles. The van der Waals surface area contributed by atoms with Crippen LogP contribution in [0.15, 0.2) is 11.0 Å². The van der Waals surface area contributed by atoms with Crippen LogP contribution < -0.4 is 4.72 Å². The molecule has 1 rings (SSSR count). The minimum absolute atomic E-state index is 0.268. The standard InChI is InChI=1S/C12H17Cl2NOS.2C2H6/c1-7-6-9(13)11(10(14)8(7)2)17(16)15-12(3,4)5;2*1-2/h6,15H,1-5H3;2*1-2H3. The molecule has 0 amide bonds. The first-order chi connectivity index (χ1) is 9.63. The van der Waals surface area contributed by atoms with Crippen molar-refractivity contribution >= 4 is 34.2 Å². The quantitative estimate of drug-likeness (QED) is 0.686. The van der Waals surface area contributed by atoms with Crippen molar-refractivity contribution in [2.45, 2.75) is 72.7 Å². The van der Waals surface area contributed by atoms with E-state index in [0.717, 1.165) is 11.1 Å². The first-order valence-electron chi connectivity index (χ1n) is 7.28. The highest BCUT2D eigenvalue weighted by Crippen LogP contribution is 2.33. The van der Waals surface area contributed by atoms with Crippen molar-refractivity contribution in [3.8, 4) is 0 Å². The molecule has 2 nitrogen and oxygen atoms in total. The van der Waals surface area contributed by atoms with Crippen molar-refractivity contribution in [2.24, 2.45) is 0 Å². The van der Waals surface area contributed by atoms with Gasteiger partial charge in [-0.2, -0.15) is 0 Å². The molecule has 0 heterocycles. The lowest BCUT2D eigenvalue weighted by Gasteiger charge is -2.21. The smallest absolute Gasteiger partial charge is 0.128 e. The number of benzene rings is 1. The Morgan fingerprint density at radius 2 is 1.48 bits per heavy atom. The topological polar surface area (TPSA) is 29.1 Å². The second-order valence-electron chi connectivity index (χ2n) is 5.06. The van der Waals surface area contributed by atoms with Crippen molar-refractivity contribution in [1.82, 2.24) is 4.72 Å². The van der Waals surface area contributed by atoms with E-state index in [-0.39, 0.29) is 5.54 Å². The summed E-state index contributed by atoms with van der Waals surface area (Å²) in [5.74, 6) is 0. The van der Waals surface area contributed by atoms with Crippen LogP contribution in [0.5, 0.6) is 0 Å². The van der Waals surface area contributed by atoms with Gasteiger partial charge in [-0.1, -0.05) is 50.9 Å². The van der Waals surface area contributed by atoms with Crippen molar-refractivity contribution in [1.29, 1.82) is 0 Å². The summed E-state index contributed by atoms with van der Waals surface area (Å²) >= 11 is 12.3. The zero-order chi connectivity index (χ0) is 17.4. The summed E-state index contributed by atoms with van der Waals surface area (Å²) in [5.41, 5.74) is 1.64. The minimum atomic E-state index is -1.41. The third-order valence-electron chi connectivity index (χ3n) is 2.26. The van der Waals surface area contributed by atoms with Crippen LogP contribution in [-0.2, 0) is 11.0 Å². The number of hydrogen-bond donors (Lipinski definition) is 1. The molecule has 21 heavy (non-hydrogen) atoms. The van der Waals surface area contributed by atoms with E-state index in [4.69, 9.17) is 23.2 Å². The molecule has 1 atom stereocenters. The van der Waals surface area contributed by atoms with Crippen LogP contribution in [0.3, 0.4) is 0 Å². The molecule has 1 aromatic rings. The maximum absolute atomic E-state index is 12.2. The van der Waals surface area contributed by atoms with Crippen LogP contribution in [0.1, 0.15) is 59.6 Å². The summed E-state index contributed by atoms with van der Waals surface area (Å²) in [6.45, 7) is 17.6. The highest BCUT2D eigenvalue weighted by molar-refractivity contribution is 7.83.